The molecule has 1 aliphatic rings. The van der Waals surface area contributed by atoms with Gasteiger partial charge in [-0.3, -0.25) is 15.3 Å². The third-order valence-corrected chi connectivity index (χ3v) is 5.29. The average Bonchev–Trinajstić information content (AvgIpc) is 3.16. The second kappa shape index (κ2) is 9.17. The maximum absolute atomic E-state index is 13.1. The molecule has 1 aliphatic heterocycles. The number of pyridine rings is 2. The Morgan fingerprint density at radius 3 is 2.61 bits per heavy atom. The number of hydrogen-bond donors (Lipinski definition) is 4. The van der Waals surface area contributed by atoms with Gasteiger partial charge in [-0.05, 0) is 50.2 Å². The Morgan fingerprint density at radius 2 is 2.00 bits per heavy atom. The van der Waals surface area contributed by atoms with Crippen molar-refractivity contribution in [3.05, 3.63) is 41.3 Å². The van der Waals surface area contributed by atoms with Crippen molar-refractivity contribution >= 4 is 46.5 Å². The van der Waals surface area contributed by atoms with Gasteiger partial charge in [-0.15, -0.1) is 0 Å². The van der Waals surface area contributed by atoms with Gasteiger partial charge in [0.05, 0.1) is 11.3 Å². The van der Waals surface area contributed by atoms with Crippen molar-refractivity contribution in [2.75, 3.05) is 28.7 Å². The minimum atomic E-state index is -4.70. The average molecular weight is 482 g/mol. The molecule has 3 heterocycles. The molecule has 0 bridgehead atoms. The lowest BCUT2D eigenvalue weighted by molar-refractivity contribution is -0.137. The predicted molar refractivity (Wildman–Crippen MR) is 122 cm³/mol. The summed E-state index contributed by atoms with van der Waals surface area (Å²) >= 11 is 5.17. The summed E-state index contributed by atoms with van der Waals surface area (Å²) in [5.74, 6) is -0.350. The number of nitrogens with zero attached hydrogens (tertiary/aromatic N) is 4. The summed E-state index contributed by atoms with van der Waals surface area (Å²) in [5, 5.41) is 22.5. The molecule has 0 unspecified atom stereocenters. The maximum atomic E-state index is 13.1. The molecule has 0 spiro atoms. The van der Waals surface area contributed by atoms with Gasteiger partial charge >= 0.3 is 12.3 Å². The van der Waals surface area contributed by atoms with Crippen LogP contribution in [0.2, 0.25) is 0 Å². The number of carboxylic acid groups (broad SMARTS) is 1. The molecule has 0 saturated heterocycles. The Kier molecular flexibility index (Phi) is 6.72. The van der Waals surface area contributed by atoms with Gasteiger partial charge in [-0.1, -0.05) is 0 Å². The normalized spacial score (nSPS) is 13.0. The minimum Gasteiger partial charge on any atom is -0.465 e. The molecule has 176 valence electrons. The summed E-state index contributed by atoms with van der Waals surface area (Å²) < 4.78 is 39.2. The monoisotopic (exact) mass is 481 g/mol. The second-order valence-electron chi connectivity index (χ2n) is 7.62. The zero-order valence-electron chi connectivity index (χ0n) is 18.0. The van der Waals surface area contributed by atoms with Crippen LogP contribution in [0.4, 0.5) is 35.2 Å². The summed E-state index contributed by atoms with van der Waals surface area (Å²) in [6, 6.07) is 2.71. The van der Waals surface area contributed by atoms with E-state index in [0.29, 0.717) is 22.9 Å². The number of nitrogens with one attached hydrogen (secondary N) is 3. The molecule has 4 N–H and O–H groups in total. The Bertz CT molecular complexity index is 1110. The number of anilines is 3. The van der Waals surface area contributed by atoms with Crippen LogP contribution < -0.4 is 20.4 Å². The first-order valence-corrected chi connectivity index (χ1v) is 10.3. The largest absolute Gasteiger partial charge is 0.465 e. The first kappa shape index (κ1) is 24.2. The summed E-state index contributed by atoms with van der Waals surface area (Å²) in [7, 11) is 1.08. The molecule has 0 saturated carbocycles. The van der Waals surface area contributed by atoms with E-state index in [9.17, 15) is 23.1 Å². The zero-order valence-corrected chi connectivity index (χ0v) is 18.8. The van der Waals surface area contributed by atoms with Crippen LogP contribution in [0, 0.1) is 5.41 Å². The van der Waals surface area contributed by atoms with E-state index in [1.165, 1.54) is 0 Å². The lowest BCUT2D eigenvalue weighted by Gasteiger charge is -2.24. The lowest BCUT2D eigenvalue weighted by atomic mass is 10.2. The molecule has 3 rings (SSSR count). The number of amides is 1. The Balaban J connectivity index is 1.79. The smallest absolute Gasteiger partial charge is 0.417 e. The number of rotatable bonds is 4. The van der Waals surface area contributed by atoms with Gasteiger partial charge in [-0.25, -0.2) is 9.78 Å². The SMILES string of the molecule is CC(C)N1CCc2cnc(C(=N)NC(=S)Nc3ncc(C(F)(F)F)cc3N(C)C(=O)O)cc21. The fraction of sp³-hybridized carbons (Fsp3) is 0.350. The molecule has 1 amide bonds. The molecule has 0 atom stereocenters. The van der Waals surface area contributed by atoms with E-state index >= 15 is 0 Å². The molecule has 2 aromatic rings. The molecule has 0 aliphatic carbocycles. The van der Waals surface area contributed by atoms with Crippen LogP contribution in [-0.2, 0) is 12.6 Å². The zero-order chi connectivity index (χ0) is 24.5. The molecule has 9 nitrogen and oxygen atoms in total. The van der Waals surface area contributed by atoms with Gasteiger partial charge in [0.1, 0.15) is 5.69 Å². The number of carbonyl (C=O) groups is 1. The topological polar surface area (TPSA) is 117 Å². The fourth-order valence-corrected chi connectivity index (χ4v) is 3.55. The standard InChI is InChI=1S/C20H22F3N7O2S/c1-10(2)30-5-4-11-8-25-13(7-14(11)30)16(24)27-18(33)28-17-15(29(3)19(31)32)6-12(9-26-17)20(21,22)23/h6-10H,4-5H2,1-3H3,(H,31,32)(H3,24,26,27,28,33). The number of amidine groups is 1. The second-order valence-corrected chi connectivity index (χ2v) is 8.03. The van der Waals surface area contributed by atoms with E-state index in [1.807, 2.05) is 0 Å². The van der Waals surface area contributed by atoms with Crippen LogP contribution in [0.25, 0.3) is 0 Å². The van der Waals surface area contributed by atoms with E-state index < -0.39 is 17.8 Å². The van der Waals surface area contributed by atoms with E-state index in [4.69, 9.17) is 17.6 Å². The molecule has 0 radical (unpaired) electrons. The Morgan fingerprint density at radius 1 is 1.30 bits per heavy atom. The third-order valence-electron chi connectivity index (χ3n) is 5.09. The van der Waals surface area contributed by atoms with Crippen LogP contribution in [0.3, 0.4) is 0 Å². The van der Waals surface area contributed by atoms with E-state index in [-0.39, 0.29) is 28.5 Å². The number of aromatic nitrogens is 2. The van der Waals surface area contributed by atoms with Crippen molar-refractivity contribution in [1.82, 2.24) is 15.3 Å². The quantitative estimate of drug-likeness (QED) is 0.297. The molecule has 0 fully saturated rings. The first-order chi connectivity index (χ1) is 15.4. The van der Waals surface area contributed by atoms with Gasteiger partial charge in [0.25, 0.3) is 0 Å². The molecular formula is C20H22F3N7O2S. The Labute approximate surface area is 193 Å². The van der Waals surface area contributed by atoms with Crippen molar-refractivity contribution in [1.29, 1.82) is 5.41 Å². The van der Waals surface area contributed by atoms with E-state index in [2.05, 4.69) is 39.3 Å². The van der Waals surface area contributed by atoms with Gasteiger partial charge in [0.15, 0.2) is 16.8 Å². The molecular weight excluding hydrogens is 459 g/mol. The van der Waals surface area contributed by atoms with E-state index in [1.54, 1.807) is 12.3 Å². The lowest BCUT2D eigenvalue weighted by Crippen LogP contribution is -2.36. The third kappa shape index (κ3) is 5.30. The number of fused-ring (bicyclic) bond motifs is 1. The Hall–Kier alpha value is -3.48. The highest BCUT2D eigenvalue weighted by atomic mass is 32.1. The molecule has 0 aromatic carbocycles. The summed E-state index contributed by atoms with van der Waals surface area (Å²) in [5.41, 5.74) is 0.927. The van der Waals surface area contributed by atoms with Crippen molar-refractivity contribution in [2.45, 2.75) is 32.5 Å². The van der Waals surface area contributed by atoms with Gasteiger partial charge < -0.3 is 20.6 Å². The number of alkyl halides is 3. The van der Waals surface area contributed by atoms with Gasteiger partial charge in [-0.2, -0.15) is 13.2 Å². The molecule has 33 heavy (non-hydrogen) atoms. The number of halogens is 3. The fourth-order valence-electron chi connectivity index (χ4n) is 3.35. The van der Waals surface area contributed by atoms with Gasteiger partial charge in [0.2, 0.25) is 0 Å². The van der Waals surface area contributed by atoms with Crippen molar-refractivity contribution in [3.8, 4) is 0 Å². The van der Waals surface area contributed by atoms with E-state index in [0.717, 1.165) is 31.3 Å². The van der Waals surface area contributed by atoms with Crippen LogP contribution in [-0.4, -0.2) is 51.8 Å². The highest BCUT2D eigenvalue weighted by Crippen LogP contribution is 2.34. The first-order valence-electron chi connectivity index (χ1n) is 9.85. The summed E-state index contributed by atoms with van der Waals surface area (Å²) in [6.45, 7) is 5.00. The maximum Gasteiger partial charge on any atom is 0.417 e. The van der Waals surface area contributed by atoms with Crippen LogP contribution in [0.15, 0.2) is 24.5 Å². The highest BCUT2D eigenvalue weighted by molar-refractivity contribution is 7.80. The predicted octanol–water partition coefficient (Wildman–Crippen LogP) is 3.69. The highest BCUT2D eigenvalue weighted by Gasteiger charge is 2.33. The molecule has 13 heteroatoms. The summed E-state index contributed by atoms with van der Waals surface area (Å²) in [4.78, 5) is 22.1. The van der Waals surface area contributed by atoms with Gasteiger partial charge in [0, 0.05) is 37.7 Å². The summed E-state index contributed by atoms with van der Waals surface area (Å²) in [6.07, 6.45) is -3.05. The van der Waals surface area contributed by atoms with Crippen LogP contribution >= 0.6 is 12.2 Å². The van der Waals surface area contributed by atoms with Crippen LogP contribution in [0.5, 0.6) is 0 Å². The number of hydrogen-bond acceptors (Lipinski definition) is 6. The minimum absolute atomic E-state index is 0.133. The van der Waals surface area contributed by atoms with Crippen molar-refractivity contribution < 1.29 is 23.1 Å². The number of thiocarbonyl (C=S) groups is 1. The van der Waals surface area contributed by atoms with Crippen molar-refractivity contribution in [2.24, 2.45) is 0 Å². The molecule has 2 aromatic heterocycles. The van der Waals surface area contributed by atoms with Crippen molar-refractivity contribution in [3.63, 3.8) is 0 Å². The van der Waals surface area contributed by atoms with Crippen LogP contribution in [0.1, 0.15) is 30.7 Å².